The van der Waals surface area contributed by atoms with Crippen molar-refractivity contribution < 1.29 is 23.9 Å². The zero-order chi connectivity index (χ0) is 28.7. The molecule has 1 saturated carbocycles. The molecule has 8 nitrogen and oxygen atoms in total. The van der Waals surface area contributed by atoms with E-state index in [0.717, 1.165) is 31.2 Å². The molecule has 1 aliphatic carbocycles. The summed E-state index contributed by atoms with van der Waals surface area (Å²) in [5.41, 5.74) is 1.54. The number of fused-ring (bicyclic) bond motifs is 1. The quantitative estimate of drug-likeness (QED) is 0.464. The molecule has 3 heterocycles. The predicted octanol–water partition coefficient (Wildman–Crippen LogP) is 4.56. The van der Waals surface area contributed by atoms with Gasteiger partial charge in [-0.1, -0.05) is 69.5 Å². The third-order valence-corrected chi connectivity index (χ3v) is 9.23. The number of rotatable bonds is 8. The Hall–Kier alpha value is -3.65. The van der Waals surface area contributed by atoms with Crippen LogP contribution in [-0.4, -0.2) is 53.5 Å². The molecule has 1 spiro atoms. The average Bonchev–Trinajstić information content (AvgIpc) is 3.62. The summed E-state index contributed by atoms with van der Waals surface area (Å²) >= 11 is 0. The summed E-state index contributed by atoms with van der Waals surface area (Å²) in [6, 6.07) is 14.5. The molecule has 3 amide bonds. The van der Waals surface area contributed by atoms with E-state index in [4.69, 9.17) is 9.47 Å². The molecule has 216 valence electrons. The normalized spacial score (nSPS) is 28.7. The Morgan fingerprint density at radius 1 is 1.02 bits per heavy atom. The van der Waals surface area contributed by atoms with Gasteiger partial charge in [0, 0.05) is 18.3 Å². The highest BCUT2D eigenvalue weighted by molar-refractivity contribution is 6.02. The van der Waals surface area contributed by atoms with E-state index in [2.05, 4.69) is 24.5 Å². The maximum atomic E-state index is 14.2. The number of nitrogens with zero attached hydrogens (tertiary/aromatic N) is 1. The standard InChI is InChI=1S/C33H39N3O5/c1-20(2)22-11-13-24(14-12-22)34-30(37)27-26-17-18-33(41-26)28(27)32(39)36(19-21-9-15-25(40-3)16-10-21)29(33)31(38)35-23-7-5-4-6-8-23/h9-18,20,23,26-29H,4-8,19H2,1-3H3,(H,34,37)(H,35,38). The van der Waals surface area contributed by atoms with Crippen molar-refractivity contribution in [2.45, 2.75) is 82.2 Å². The van der Waals surface area contributed by atoms with Crippen molar-refractivity contribution in [1.29, 1.82) is 0 Å². The number of ether oxygens (including phenoxy) is 2. The highest BCUT2D eigenvalue weighted by atomic mass is 16.5. The molecule has 2 aromatic carbocycles. The molecule has 4 aliphatic rings. The molecule has 5 unspecified atom stereocenters. The van der Waals surface area contributed by atoms with E-state index in [9.17, 15) is 14.4 Å². The largest absolute Gasteiger partial charge is 0.497 e. The summed E-state index contributed by atoms with van der Waals surface area (Å²) in [6.07, 6.45) is 8.35. The fraction of sp³-hybridized carbons (Fsp3) is 0.485. The maximum Gasteiger partial charge on any atom is 0.246 e. The lowest BCUT2D eigenvalue weighted by molar-refractivity contribution is -0.142. The minimum Gasteiger partial charge on any atom is -0.497 e. The van der Waals surface area contributed by atoms with Gasteiger partial charge in [0.1, 0.15) is 17.4 Å². The molecule has 2 aromatic rings. The number of amides is 3. The van der Waals surface area contributed by atoms with Gasteiger partial charge in [-0.3, -0.25) is 14.4 Å². The molecule has 3 aliphatic heterocycles. The third kappa shape index (κ3) is 4.92. The van der Waals surface area contributed by atoms with Gasteiger partial charge in [0.15, 0.2) is 0 Å². The van der Waals surface area contributed by atoms with Crippen LogP contribution in [0.25, 0.3) is 0 Å². The van der Waals surface area contributed by atoms with E-state index in [1.54, 1.807) is 12.0 Å². The molecule has 2 saturated heterocycles. The zero-order valence-corrected chi connectivity index (χ0v) is 24.0. The lowest BCUT2D eigenvalue weighted by Gasteiger charge is -2.34. The van der Waals surface area contributed by atoms with Crippen LogP contribution in [0, 0.1) is 11.8 Å². The van der Waals surface area contributed by atoms with Crippen LogP contribution in [0.3, 0.4) is 0 Å². The van der Waals surface area contributed by atoms with Crippen molar-refractivity contribution in [1.82, 2.24) is 10.2 Å². The van der Waals surface area contributed by atoms with Gasteiger partial charge in [-0.2, -0.15) is 0 Å². The van der Waals surface area contributed by atoms with E-state index in [1.165, 1.54) is 12.0 Å². The highest BCUT2D eigenvalue weighted by Crippen LogP contribution is 2.55. The van der Waals surface area contributed by atoms with Crippen molar-refractivity contribution in [2.75, 3.05) is 12.4 Å². The molecule has 2 bridgehead atoms. The minimum atomic E-state index is -1.18. The Labute approximate surface area is 241 Å². The van der Waals surface area contributed by atoms with Gasteiger partial charge in [0.2, 0.25) is 17.7 Å². The second-order valence-corrected chi connectivity index (χ2v) is 12.1. The van der Waals surface area contributed by atoms with Crippen molar-refractivity contribution in [3.8, 4) is 5.75 Å². The topological polar surface area (TPSA) is 97.0 Å². The van der Waals surface area contributed by atoms with E-state index < -0.39 is 29.6 Å². The number of carbonyl (C=O) groups is 3. The Morgan fingerprint density at radius 2 is 1.73 bits per heavy atom. The molecular weight excluding hydrogens is 518 g/mol. The minimum absolute atomic E-state index is 0.0835. The number of hydrogen-bond donors (Lipinski definition) is 2. The second-order valence-electron chi connectivity index (χ2n) is 12.1. The molecular formula is C33H39N3O5. The van der Waals surface area contributed by atoms with Gasteiger partial charge in [-0.05, 0) is 54.2 Å². The number of nitrogens with one attached hydrogen (secondary N) is 2. The smallest absolute Gasteiger partial charge is 0.246 e. The molecule has 3 fully saturated rings. The van der Waals surface area contributed by atoms with Crippen molar-refractivity contribution >= 4 is 23.4 Å². The van der Waals surface area contributed by atoms with Crippen LogP contribution >= 0.6 is 0 Å². The fourth-order valence-electron chi connectivity index (χ4n) is 7.07. The summed E-state index contributed by atoms with van der Waals surface area (Å²) in [7, 11) is 1.61. The van der Waals surface area contributed by atoms with Gasteiger partial charge in [-0.15, -0.1) is 0 Å². The molecule has 6 rings (SSSR count). The van der Waals surface area contributed by atoms with Gasteiger partial charge in [0.05, 0.1) is 25.0 Å². The number of benzene rings is 2. The van der Waals surface area contributed by atoms with E-state index in [1.807, 2.05) is 60.7 Å². The Morgan fingerprint density at radius 3 is 2.39 bits per heavy atom. The lowest BCUT2D eigenvalue weighted by Crippen LogP contribution is -2.56. The number of hydrogen-bond acceptors (Lipinski definition) is 5. The first-order chi connectivity index (χ1) is 19.8. The Bertz CT molecular complexity index is 1330. The Kier molecular flexibility index (Phi) is 7.36. The maximum absolute atomic E-state index is 14.2. The van der Waals surface area contributed by atoms with Crippen LogP contribution in [-0.2, 0) is 25.7 Å². The molecule has 8 heteroatoms. The van der Waals surface area contributed by atoms with Crippen molar-refractivity contribution in [3.63, 3.8) is 0 Å². The molecule has 0 radical (unpaired) electrons. The molecule has 2 N–H and O–H groups in total. The number of carbonyl (C=O) groups excluding carboxylic acids is 3. The SMILES string of the molecule is COc1ccc(CN2C(=O)C3C(C(=O)Nc4ccc(C(C)C)cc4)C4C=CC3(O4)C2C(=O)NC2CCCCC2)cc1. The molecule has 0 aromatic heterocycles. The number of anilines is 1. The first-order valence-electron chi connectivity index (χ1n) is 14.8. The lowest BCUT2D eigenvalue weighted by atomic mass is 9.74. The zero-order valence-electron chi connectivity index (χ0n) is 24.0. The van der Waals surface area contributed by atoms with E-state index in [0.29, 0.717) is 17.4 Å². The first-order valence-corrected chi connectivity index (χ1v) is 14.8. The summed E-state index contributed by atoms with van der Waals surface area (Å²) < 4.78 is 11.8. The van der Waals surface area contributed by atoms with Gasteiger partial charge < -0.3 is 25.0 Å². The highest BCUT2D eigenvalue weighted by Gasteiger charge is 2.72. The van der Waals surface area contributed by atoms with Crippen LogP contribution in [0.2, 0.25) is 0 Å². The third-order valence-electron chi connectivity index (χ3n) is 9.23. The van der Waals surface area contributed by atoms with Gasteiger partial charge in [0.25, 0.3) is 0 Å². The average molecular weight is 558 g/mol. The second kappa shape index (κ2) is 11.0. The Balaban J connectivity index is 1.29. The monoisotopic (exact) mass is 557 g/mol. The van der Waals surface area contributed by atoms with Crippen LogP contribution in [0.1, 0.15) is 63.0 Å². The van der Waals surface area contributed by atoms with Crippen molar-refractivity contribution in [2.24, 2.45) is 11.8 Å². The summed E-state index contributed by atoms with van der Waals surface area (Å²) in [4.78, 5) is 43.6. The molecule has 41 heavy (non-hydrogen) atoms. The van der Waals surface area contributed by atoms with Crippen LogP contribution < -0.4 is 15.4 Å². The summed E-state index contributed by atoms with van der Waals surface area (Å²) in [5.74, 6) is -1.13. The number of methoxy groups -OCH3 is 1. The van der Waals surface area contributed by atoms with E-state index >= 15 is 0 Å². The van der Waals surface area contributed by atoms with Crippen molar-refractivity contribution in [3.05, 3.63) is 71.8 Å². The van der Waals surface area contributed by atoms with E-state index in [-0.39, 0.29) is 30.3 Å². The van der Waals surface area contributed by atoms with Crippen LogP contribution in [0.4, 0.5) is 5.69 Å². The summed E-state index contributed by atoms with van der Waals surface area (Å²) in [6.45, 7) is 4.48. The molecule has 5 atom stereocenters. The number of likely N-dealkylation sites (tertiary alicyclic amines) is 1. The van der Waals surface area contributed by atoms with Gasteiger partial charge in [-0.25, -0.2) is 0 Å². The first kappa shape index (κ1) is 27.5. The summed E-state index contributed by atoms with van der Waals surface area (Å²) in [5, 5.41) is 6.25. The van der Waals surface area contributed by atoms with Crippen LogP contribution in [0.15, 0.2) is 60.7 Å². The van der Waals surface area contributed by atoms with Crippen LogP contribution in [0.5, 0.6) is 5.75 Å². The van der Waals surface area contributed by atoms with Gasteiger partial charge >= 0.3 is 0 Å². The predicted molar refractivity (Wildman–Crippen MR) is 155 cm³/mol. The fourth-order valence-corrected chi connectivity index (χ4v) is 7.07.